The van der Waals surface area contributed by atoms with Gasteiger partial charge in [0, 0.05) is 17.8 Å². The van der Waals surface area contributed by atoms with Crippen LogP contribution in [0, 0.1) is 13.8 Å². The van der Waals surface area contributed by atoms with E-state index in [0.717, 1.165) is 10.5 Å². The van der Waals surface area contributed by atoms with Crippen molar-refractivity contribution in [1.82, 2.24) is 10.2 Å². The number of aromatic hydroxyl groups is 1. The van der Waals surface area contributed by atoms with E-state index in [1.165, 1.54) is 0 Å². The number of aliphatic hydroxyl groups excluding tert-OH is 1. The number of phenols is 1. The number of anilines is 1. The van der Waals surface area contributed by atoms with Gasteiger partial charge in [-0.2, -0.15) is 0 Å². The summed E-state index contributed by atoms with van der Waals surface area (Å²) in [6.07, 6.45) is -0.788. The number of carbonyl (C=O) groups excluding carboxylic acids is 3. The zero-order valence-corrected chi connectivity index (χ0v) is 20.2. The molecule has 0 aromatic heterocycles. The number of amides is 3. The van der Waals surface area contributed by atoms with Crippen molar-refractivity contribution in [3.63, 3.8) is 0 Å². The van der Waals surface area contributed by atoms with Crippen molar-refractivity contribution in [2.45, 2.75) is 46.3 Å². The number of carbonyl (C=O) groups is 3. The van der Waals surface area contributed by atoms with Gasteiger partial charge in [0.15, 0.2) is 0 Å². The Morgan fingerprint density at radius 1 is 1.03 bits per heavy atom. The number of hydrogen-bond acceptors (Lipinski definition) is 6. The fraction of sp³-hybridized carbons (Fsp3) is 0.400. The van der Waals surface area contributed by atoms with E-state index in [9.17, 15) is 24.6 Å². The van der Waals surface area contributed by atoms with E-state index in [1.54, 1.807) is 58.0 Å². The summed E-state index contributed by atoms with van der Waals surface area (Å²) >= 11 is 0. The largest absolute Gasteiger partial charge is 0.507 e. The highest BCUT2D eigenvalue weighted by atomic mass is 16.6. The third-order valence-electron chi connectivity index (χ3n) is 4.97. The molecule has 9 nitrogen and oxygen atoms in total. The second-order valence-electron chi connectivity index (χ2n) is 8.89. The molecule has 0 aliphatic heterocycles. The van der Waals surface area contributed by atoms with Gasteiger partial charge in [0.05, 0.1) is 6.61 Å². The van der Waals surface area contributed by atoms with Gasteiger partial charge in [0.1, 0.15) is 23.9 Å². The van der Waals surface area contributed by atoms with Crippen LogP contribution in [-0.2, 0) is 14.3 Å². The van der Waals surface area contributed by atoms with E-state index < -0.39 is 42.7 Å². The Hall–Kier alpha value is -3.59. The molecule has 0 saturated carbocycles. The molecule has 2 rings (SSSR count). The third kappa shape index (κ3) is 7.21. The second kappa shape index (κ2) is 11.5. The lowest BCUT2D eigenvalue weighted by molar-refractivity contribution is -0.138. The lowest BCUT2D eigenvalue weighted by Crippen LogP contribution is -2.47. The average Bonchev–Trinajstić information content (AvgIpc) is 2.75. The van der Waals surface area contributed by atoms with Crippen LogP contribution in [0.4, 0.5) is 10.5 Å². The lowest BCUT2D eigenvalue weighted by Gasteiger charge is -2.32. The van der Waals surface area contributed by atoms with E-state index in [1.807, 2.05) is 19.1 Å². The summed E-state index contributed by atoms with van der Waals surface area (Å²) in [4.78, 5) is 39.7. The number of hydrogen-bond donors (Lipinski definition) is 4. The number of para-hydroxylation sites is 2. The van der Waals surface area contributed by atoms with Crippen molar-refractivity contribution in [2.24, 2.45) is 0 Å². The monoisotopic (exact) mass is 471 g/mol. The molecule has 0 spiro atoms. The fourth-order valence-electron chi connectivity index (χ4n) is 3.34. The first-order valence-corrected chi connectivity index (χ1v) is 11.0. The molecule has 0 aliphatic carbocycles. The molecule has 0 fully saturated rings. The minimum Gasteiger partial charge on any atom is -0.507 e. The Bertz CT molecular complexity index is 1030. The molecule has 2 aromatic carbocycles. The Balaban J connectivity index is 2.39. The topological polar surface area (TPSA) is 128 Å². The minimum atomic E-state index is -1.26. The normalized spacial score (nSPS) is 11.9. The zero-order valence-electron chi connectivity index (χ0n) is 20.2. The summed E-state index contributed by atoms with van der Waals surface area (Å²) in [6, 6.07) is 10.8. The maximum Gasteiger partial charge on any atom is 0.408 e. The average molecular weight is 472 g/mol. The Morgan fingerprint density at radius 2 is 1.68 bits per heavy atom. The van der Waals surface area contributed by atoms with Crippen LogP contribution in [0.5, 0.6) is 5.75 Å². The smallest absolute Gasteiger partial charge is 0.408 e. The van der Waals surface area contributed by atoms with E-state index in [-0.39, 0.29) is 17.9 Å². The van der Waals surface area contributed by atoms with Gasteiger partial charge < -0.3 is 30.5 Å². The number of nitrogens with zero attached hydrogens (tertiary/aromatic N) is 1. The van der Waals surface area contributed by atoms with E-state index in [2.05, 4.69) is 10.6 Å². The number of aliphatic hydroxyl groups is 1. The maximum atomic E-state index is 13.5. The van der Waals surface area contributed by atoms with Crippen LogP contribution in [0.2, 0.25) is 0 Å². The first-order valence-electron chi connectivity index (χ1n) is 11.0. The summed E-state index contributed by atoms with van der Waals surface area (Å²) in [5, 5.41) is 25.6. The molecule has 1 atom stereocenters. The highest BCUT2D eigenvalue weighted by Gasteiger charge is 2.34. The van der Waals surface area contributed by atoms with E-state index >= 15 is 0 Å². The molecule has 0 radical (unpaired) electrons. The lowest BCUT2D eigenvalue weighted by atomic mass is 9.99. The van der Waals surface area contributed by atoms with Crippen LogP contribution in [0.1, 0.15) is 43.5 Å². The highest BCUT2D eigenvalue weighted by Crippen LogP contribution is 2.32. The Kier molecular flexibility index (Phi) is 9.03. The number of nitrogens with one attached hydrogen (secondary N) is 2. The van der Waals surface area contributed by atoms with Gasteiger partial charge in [-0.1, -0.05) is 36.4 Å². The molecule has 2 aromatic rings. The van der Waals surface area contributed by atoms with Crippen molar-refractivity contribution in [2.75, 3.05) is 25.0 Å². The molecule has 0 saturated heterocycles. The summed E-state index contributed by atoms with van der Waals surface area (Å²) in [7, 11) is 0. The molecule has 184 valence electrons. The van der Waals surface area contributed by atoms with Gasteiger partial charge in [0.25, 0.3) is 5.91 Å². The molecule has 3 amide bonds. The number of aryl methyl sites for hydroxylation is 2. The molecule has 0 bridgehead atoms. The molecule has 0 heterocycles. The number of alkyl carbamates (subject to hydrolysis) is 1. The summed E-state index contributed by atoms with van der Waals surface area (Å²) < 4.78 is 5.16. The van der Waals surface area contributed by atoms with Crippen molar-refractivity contribution in [3.8, 4) is 5.75 Å². The van der Waals surface area contributed by atoms with Crippen LogP contribution in [0.15, 0.2) is 42.5 Å². The van der Waals surface area contributed by atoms with Gasteiger partial charge in [0.2, 0.25) is 5.91 Å². The molecule has 1 unspecified atom stereocenters. The predicted octanol–water partition coefficient (Wildman–Crippen LogP) is 3.03. The molecular formula is C25H33N3O6. The quantitative estimate of drug-likeness (QED) is 0.469. The first kappa shape index (κ1) is 26.7. The van der Waals surface area contributed by atoms with E-state index in [4.69, 9.17) is 4.74 Å². The second-order valence-corrected chi connectivity index (χ2v) is 8.89. The summed E-state index contributed by atoms with van der Waals surface area (Å²) in [6.45, 7) is 7.49. The molecule has 34 heavy (non-hydrogen) atoms. The van der Waals surface area contributed by atoms with Crippen LogP contribution >= 0.6 is 0 Å². The SMILES string of the molecule is Cc1ccccc1NC(=O)C(c1cccc(C)c1O)N(CCO)C(=O)CNC(=O)OC(C)(C)C. The van der Waals surface area contributed by atoms with Gasteiger partial charge in [-0.25, -0.2) is 4.79 Å². The summed E-state index contributed by atoms with van der Waals surface area (Å²) in [5.74, 6) is -1.34. The van der Waals surface area contributed by atoms with Gasteiger partial charge in [-0.3, -0.25) is 9.59 Å². The number of phenolic OH excluding ortho intramolecular Hbond substituents is 1. The Labute approximate surface area is 199 Å². The van der Waals surface area contributed by atoms with Crippen LogP contribution < -0.4 is 10.6 Å². The van der Waals surface area contributed by atoms with Crippen molar-refractivity contribution in [3.05, 3.63) is 59.2 Å². The number of rotatable bonds is 8. The molecule has 9 heteroatoms. The minimum absolute atomic E-state index is 0.136. The van der Waals surface area contributed by atoms with Gasteiger partial charge in [-0.15, -0.1) is 0 Å². The predicted molar refractivity (Wildman–Crippen MR) is 128 cm³/mol. The van der Waals surface area contributed by atoms with Gasteiger partial charge in [-0.05, 0) is 51.8 Å². The first-order chi connectivity index (χ1) is 15.9. The number of ether oxygens (including phenoxy) is 1. The molecule has 0 aliphatic rings. The standard InChI is InChI=1S/C25H33N3O6/c1-16-9-6-7-12-19(16)27-23(32)21(18-11-8-10-17(2)22(18)31)28(13-14-29)20(30)15-26-24(33)34-25(3,4)5/h6-12,21,29,31H,13-15H2,1-5H3,(H,26,33)(H,27,32). The fourth-order valence-corrected chi connectivity index (χ4v) is 3.34. The highest BCUT2D eigenvalue weighted by molar-refractivity contribution is 5.99. The van der Waals surface area contributed by atoms with Gasteiger partial charge >= 0.3 is 6.09 Å². The van der Waals surface area contributed by atoms with Crippen molar-refractivity contribution < 1.29 is 29.3 Å². The van der Waals surface area contributed by atoms with Crippen molar-refractivity contribution in [1.29, 1.82) is 0 Å². The molecule has 4 N–H and O–H groups in total. The maximum absolute atomic E-state index is 13.5. The van der Waals surface area contributed by atoms with Crippen LogP contribution in [0.25, 0.3) is 0 Å². The Morgan fingerprint density at radius 3 is 2.29 bits per heavy atom. The zero-order chi connectivity index (χ0) is 25.5. The summed E-state index contributed by atoms with van der Waals surface area (Å²) in [5.41, 5.74) is 1.34. The van der Waals surface area contributed by atoms with E-state index in [0.29, 0.717) is 11.3 Å². The number of benzene rings is 2. The van der Waals surface area contributed by atoms with Crippen molar-refractivity contribution >= 4 is 23.6 Å². The molecular weight excluding hydrogens is 438 g/mol. The van der Waals surface area contributed by atoms with Crippen LogP contribution in [-0.4, -0.2) is 58.3 Å². The third-order valence-corrected chi connectivity index (χ3v) is 4.97. The van der Waals surface area contributed by atoms with Crippen LogP contribution in [0.3, 0.4) is 0 Å².